The van der Waals surface area contributed by atoms with Crippen LogP contribution in [0.4, 0.5) is 4.39 Å². The van der Waals surface area contributed by atoms with E-state index in [9.17, 15) is 4.79 Å². The fourth-order valence-corrected chi connectivity index (χ4v) is 6.11. The van der Waals surface area contributed by atoms with Gasteiger partial charge in [0.1, 0.15) is 11.6 Å². The largest absolute Gasteiger partial charge is 0.491 e. The minimum absolute atomic E-state index is 0.00158. The van der Waals surface area contributed by atoms with Crippen LogP contribution in [0.15, 0.2) is 36.5 Å². The normalized spacial score (nSPS) is 17.8. The van der Waals surface area contributed by atoms with E-state index in [-0.39, 0.29) is 24.1 Å². The van der Waals surface area contributed by atoms with Crippen LogP contribution >= 0.6 is 0 Å². The number of tetrazole rings is 1. The molecule has 2 aliphatic rings. The predicted octanol–water partition coefficient (Wildman–Crippen LogP) is 4.92. The van der Waals surface area contributed by atoms with E-state index in [0.717, 1.165) is 57.3 Å². The second kappa shape index (κ2) is 9.31. The van der Waals surface area contributed by atoms with Crippen LogP contribution in [0.5, 0.6) is 5.75 Å². The first-order valence-corrected chi connectivity index (χ1v) is 12.8. The van der Waals surface area contributed by atoms with Gasteiger partial charge in [-0.1, -0.05) is 6.07 Å². The van der Waals surface area contributed by atoms with Crippen LogP contribution in [0.1, 0.15) is 58.2 Å². The number of aromatic nitrogens is 5. The van der Waals surface area contributed by atoms with Crippen LogP contribution in [0.2, 0.25) is 0 Å². The summed E-state index contributed by atoms with van der Waals surface area (Å²) in [5.41, 5.74) is 8.78. The maximum atomic E-state index is 15.3. The first-order chi connectivity index (χ1) is 18.3. The molecule has 2 atom stereocenters. The van der Waals surface area contributed by atoms with Crippen molar-refractivity contribution in [1.29, 1.82) is 0 Å². The number of hydrogen-bond donors (Lipinski definition) is 1. The zero-order valence-corrected chi connectivity index (χ0v) is 21.5. The number of pyridine rings is 1. The number of ether oxygens (including phenoxy) is 1. The standard InChI is InChI=1S/C29H28FN5O3/c1-15-8-19(29-32-34-35(3)33-29)9-16(2)26(15)21-6-7-23(30)27-18(4-5-22(21)27)10-17-11-24-28(31-13-17)20(14-38-24)12-25(36)37/h6-9,11,13,18,20H,4-5,10,12,14H2,1-3H3,(H,36,37)/t18-,20+/m0/s1. The number of fused-ring (bicyclic) bond motifs is 2. The van der Waals surface area contributed by atoms with Crippen molar-refractivity contribution in [2.75, 3.05) is 6.61 Å². The third-order valence-corrected chi connectivity index (χ3v) is 7.69. The van der Waals surface area contributed by atoms with E-state index in [2.05, 4.69) is 46.4 Å². The smallest absolute Gasteiger partial charge is 0.304 e. The fraction of sp³-hybridized carbons (Fsp3) is 0.345. The molecule has 4 aromatic rings. The number of carboxylic acid groups (broad SMARTS) is 1. The maximum absolute atomic E-state index is 15.3. The van der Waals surface area contributed by atoms with Gasteiger partial charge in [-0.3, -0.25) is 9.78 Å². The predicted molar refractivity (Wildman–Crippen MR) is 139 cm³/mol. The van der Waals surface area contributed by atoms with Gasteiger partial charge in [-0.05, 0) is 107 Å². The first kappa shape index (κ1) is 24.2. The molecule has 0 radical (unpaired) electrons. The topological polar surface area (TPSA) is 103 Å². The molecule has 0 unspecified atom stereocenters. The van der Waals surface area contributed by atoms with Crippen LogP contribution < -0.4 is 4.74 Å². The van der Waals surface area contributed by atoms with E-state index < -0.39 is 5.97 Å². The molecule has 3 heterocycles. The van der Waals surface area contributed by atoms with E-state index >= 15 is 4.39 Å². The summed E-state index contributed by atoms with van der Waals surface area (Å²) in [4.78, 5) is 17.1. The second-order valence-corrected chi connectivity index (χ2v) is 10.3. The molecule has 8 nitrogen and oxygen atoms in total. The first-order valence-electron chi connectivity index (χ1n) is 12.8. The van der Waals surface area contributed by atoms with Crippen molar-refractivity contribution < 1.29 is 19.0 Å². The molecule has 1 N–H and O–H groups in total. The highest BCUT2D eigenvalue weighted by Gasteiger charge is 2.32. The third kappa shape index (κ3) is 4.21. The molecule has 2 aromatic carbocycles. The molecule has 6 rings (SSSR count). The molecule has 0 saturated carbocycles. The average molecular weight is 514 g/mol. The second-order valence-electron chi connectivity index (χ2n) is 10.3. The fourth-order valence-electron chi connectivity index (χ4n) is 6.11. The van der Waals surface area contributed by atoms with E-state index in [0.29, 0.717) is 30.3 Å². The van der Waals surface area contributed by atoms with Gasteiger partial charge in [-0.15, -0.1) is 10.2 Å². The molecule has 0 fully saturated rings. The zero-order valence-electron chi connectivity index (χ0n) is 21.5. The van der Waals surface area contributed by atoms with Gasteiger partial charge in [0.2, 0.25) is 5.82 Å². The van der Waals surface area contributed by atoms with Crippen LogP contribution in [0.25, 0.3) is 22.5 Å². The van der Waals surface area contributed by atoms with Gasteiger partial charge in [-0.25, -0.2) is 4.39 Å². The van der Waals surface area contributed by atoms with Crippen molar-refractivity contribution in [3.8, 4) is 28.3 Å². The van der Waals surface area contributed by atoms with Crippen LogP contribution in [-0.4, -0.2) is 42.9 Å². The van der Waals surface area contributed by atoms with Gasteiger partial charge in [-0.2, -0.15) is 4.80 Å². The van der Waals surface area contributed by atoms with Crippen molar-refractivity contribution in [3.63, 3.8) is 0 Å². The van der Waals surface area contributed by atoms with Crippen molar-refractivity contribution in [2.24, 2.45) is 7.05 Å². The summed E-state index contributed by atoms with van der Waals surface area (Å²) in [6, 6.07) is 9.56. The van der Waals surface area contributed by atoms with Crippen molar-refractivity contribution in [1.82, 2.24) is 25.2 Å². The highest BCUT2D eigenvalue weighted by Crippen LogP contribution is 2.44. The lowest BCUT2D eigenvalue weighted by molar-refractivity contribution is -0.137. The zero-order chi connectivity index (χ0) is 26.6. The lowest BCUT2D eigenvalue weighted by Crippen LogP contribution is -2.08. The molecule has 1 aliphatic carbocycles. The Labute approximate surface area is 219 Å². The quantitative estimate of drug-likeness (QED) is 0.390. The molecular weight excluding hydrogens is 485 g/mol. The molecule has 0 amide bonds. The minimum atomic E-state index is -0.864. The molecule has 194 valence electrons. The lowest BCUT2D eigenvalue weighted by atomic mass is 9.87. The third-order valence-electron chi connectivity index (χ3n) is 7.69. The number of carboxylic acids is 1. The van der Waals surface area contributed by atoms with Crippen LogP contribution in [-0.2, 0) is 24.7 Å². The van der Waals surface area contributed by atoms with Gasteiger partial charge >= 0.3 is 5.97 Å². The number of aliphatic carboxylic acids is 1. The molecule has 9 heteroatoms. The number of benzene rings is 2. The number of carbonyl (C=O) groups is 1. The van der Waals surface area contributed by atoms with Crippen molar-refractivity contribution in [3.05, 3.63) is 75.9 Å². The molecule has 0 bridgehead atoms. The molecule has 2 aromatic heterocycles. The SMILES string of the molecule is Cc1cc(-c2nnn(C)n2)cc(C)c1-c1ccc(F)c2c1CC[C@H]2Cc1cnc2c(c1)OC[C@H]2CC(=O)O. The Bertz CT molecular complexity index is 1560. The maximum Gasteiger partial charge on any atom is 0.304 e. The highest BCUT2D eigenvalue weighted by atomic mass is 19.1. The average Bonchev–Trinajstić information content (AvgIpc) is 3.59. The van der Waals surface area contributed by atoms with Gasteiger partial charge in [0.05, 0.1) is 25.8 Å². The molecular formula is C29H28FN5O3. The highest BCUT2D eigenvalue weighted by molar-refractivity contribution is 5.78. The monoisotopic (exact) mass is 513 g/mol. The summed E-state index contributed by atoms with van der Waals surface area (Å²) in [6.45, 7) is 4.46. The minimum Gasteiger partial charge on any atom is -0.491 e. The van der Waals surface area contributed by atoms with E-state index in [1.165, 1.54) is 4.80 Å². The Balaban J connectivity index is 1.31. The summed E-state index contributed by atoms with van der Waals surface area (Å²) in [6.07, 6.45) is 4.08. The van der Waals surface area contributed by atoms with Crippen LogP contribution in [0.3, 0.4) is 0 Å². The van der Waals surface area contributed by atoms with Gasteiger partial charge < -0.3 is 9.84 Å². The van der Waals surface area contributed by atoms with Gasteiger partial charge in [0, 0.05) is 17.7 Å². The summed E-state index contributed by atoms with van der Waals surface area (Å²) in [7, 11) is 1.74. The number of hydrogen-bond acceptors (Lipinski definition) is 6. The van der Waals surface area contributed by atoms with Gasteiger partial charge in [0.15, 0.2) is 0 Å². The van der Waals surface area contributed by atoms with E-state index in [4.69, 9.17) is 9.84 Å². The Hall–Kier alpha value is -4.14. The van der Waals surface area contributed by atoms with E-state index in [1.807, 2.05) is 12.1 Å². The van der Waals surface area contributed by atoms with Gasteiger partial charge in [0.25, 0.3) is 0 Å². The number of nitrogens with zero attached hydrogens (tertiary/aromatic N) is 5. The summed E-state index contributed by atoms with van der Waals surface area (Å²) < 4.78 is 21.0. The summed E-state index contributed by atoms with van der Waals surface area (Å²) >= 11 is 0. The summed E-state index contributed by atoms with van der Waals surface area (Å²) in [5, 5.41) is 21.6. The van der Waals surface area contributed by atoms with Crippen molar-refractivity contribution in [2.45, 2.75) is 51.4 Å². The Morgan fingerprint density at radius 3 is 2.68 bits per heavy atom. The number of aryl methyl sites for hydroxylation is 3. The molecule has 0 saturated heterocycles. The number of rotatable bonds is 6. The number of halogens is 1. The summed E-state index contributed by atoms with van der Waals surface area (Å²) in [5.74, 6) is -0.0115. The Morgan fingerprint density at radius 1 is 1.18 bits per heavy atom. The van der Waals surface area contributed by atoms with E-state index in [1.54, 1.807) is 19.3 Å². The molecule has 1 aliphatic heterocycles. The molecule has 0 spiro atoms. The Morgan fingerprint density at radius 2 is 1.97 bits per heavy atom. The lowest BCUT2D eigenvalue weighted by Gasteiger charge is -2.18. The van der Waals surface area contributed by atoms with Crippen molar-refractivity contribution >= 4 is 5.97 Å². The molecule has 38 heavy (non-hydrogen) atoms. The van der Waals surface area contributed by atoms with Crippen LogP contribution in [0, 0.1) is 19.7 Å². The Kier molecular flexibility index (Phi) is 5.93.